The van der Waals surface area contributed by atoms with Crippen LogP contribution in [0, 0.1) is 20.8 Å². The topological polar surface area (TPSA) is 115 Å². The molecule has 0 aliphatic heterocycles. The summed E-state index contributed by atoms with van der Waals surface area (Å²) in [6.07, 6.45) is -1.11. The van der Waals surface area contributed by atoms with Crippen LogP contribution in [-0.2, 0) is 14.3 Å². The van der Waals surface area contributed by atoms with Crippen molar-refractivity contribution >= 4 is 23.6 Å². The van der Waals surface area contributed by atoms with Crippen molar-refractivity contribution in [3.05, 3.63) is 57.9 Å². The maximum absolute atomic E-state index is 12.7. The number of aryl methyl sites for hydroxylation is 2. The zero-order chi connectivity index (χ0) is 22.6. The number of benzene rings is 1. The molecule has 1 aromatic carbocycles. The number of hydrogen-bond donors (Lipinski definition) is 2. The number of aromatic nitrogens is 1. The van der Waals surface area contributed by atoms with Crippen LogP contribution in [-0.4, -0.2) is 47.9 Å². The number of carbonyl (C=O) groups excluding carboxylic acids is 4. The Kier molecular flexibility index (Phi) is 7.15. The molecule has 8 heteroatoms. The molecule has 0 saturated heterocycles. The summed E-state index contributed by atoms with van der Waals surface area (Å²) in [5.74, 6) is -2.21. The molecule has 30 heavy (non-hydrogen) atoms. The van der Waals surface area contributed by atoms with Gasteiger partial charge in [-0.3, -0.25) is 9.59 Å². The Bertz CT molecular complexity index is 992. The Balaban J connectivity index is 2.05. The average molecular weight is 414 g/mol. The minimum atomic E-state index is -1.11. The van der Waals surface area contributed by atoms with Gasteiger partial charge < -0.3 is 19.8 Å². The highest BCUT2D eigenvalue weighted by Gasteiger charge is 2.29. The number of methoxy groups -OCH3 is 1. The minimum absolute atomic E-state index is 0.171. The van der Waals surface area contributed by atoms with E-state index in [1.807, 2.05) is 13.0 Å². The molecule has 160 valence electrons. The van der Waals surface area contributed by atoms with Crippen molar-refractivity contribution in [2.45, 2.75) is 46.8 Å². The van der Waals surface area contributed by atoms with Crippen LogP contribution in [0.4, 0.5) is 0 Å². The molecule has 1 amide bonds. The molecule has 0 fully saturated rings. The Hall–Kier alpha value is -3.42. The molecular formula is C22H26N2O6. The standard InChI is InChI=1S/C22H26N2O6/c1-11-8-7-9-16(10-11)20(26)24-14(4)21(27)30-15(5)19(25)18-12(2)17(13(3)23-18)22(28)29-6/h7-10,14-15,23H,1-6H3,(H,24,26)/t14-,15-/m0/s1. The Morgan fingerprint density at radius 3 is 2.33 bits per heavy atom. The summed E-state index contributed by atoms with van der Waals surface area (Å²) < 4.78 is 9.97. The first kappa shape index (κ1) is 22.9. The van der Waals surface area contributed by atoms with Crippen molar-refractivity contribution < 1.29 is 28.7 Å². The molecule has 0 bridgehead atoms. The van der Waals surface area contributed by atoms with E-state index in [-0.39, 0.29) is 11.3 Å². The van der Waals surface area contributed by atoms with Gasteiger partial charge in [-0.25, -0.2) is 9.59 Å². The summed E-state index contributed by atoms with van der Waals surface area (Å²) >= 11 is 0. The van der Waals surface area contributed by atoms with E-state index in [1.165, 1.54) is 21.0 Å². The average Bonchev–Trinajstić information content (AvgIpc) is 3.00. The van der Waals surface area contributed by atoms with Crippen LogP contribution in [0.3, 0.4) is 0 Å². The molecular weight excluding hydrogens is 388 g/mol. The van der Waals surface area contributed by atoms with Gasteiger partial charge in [-0.15, -0.1) is 0 Å². The van der Waals surface area contributed by atoms with E-state index in [0.29, 0.717) is 16.8 Å². The van der Waals surface area contributed by atoms with Crippen molar-refractivity contribution in [3.8, 4) is 0 Å². The summed E-state index contributed by atoms with van der Waals surface area (Å²) in [6.45, 7) is 8.03. The van der Waals surface area contributed by atoms with Crippen molar-refractivity contribution in [3.63, 3.8) is 0 Å². The van der Waals surface area contributed by atoms with E-state index in [1.54, 1.807) is 32.0 Å². The number of ether oxygens (including phenoxy) is 2. The van der Waals surface area contributed by atoms with Gasteiger partial charge in [-0.1, -0.05) is 17.7 Å². The SMILES string of the molecule is COC(=O)c1c(C)[nH]c(C(=O)[C@H](C)OC(=O)[C@H](C)NC(=O)c2cccc(C)c2)c1C. The lowest BCUT2D eigenvalue weighted by Crippen LogP contribution is -2.41. The van der Waals surface area contributed by atoms with Crippen molar-refractivity contribution in [1.82, 2.24) is 10.3 Å². The molecule has 0 aliphatic rings. The van der Waals surface area contributed by atoms with Crippen LogP contribution >= 0.6 is 0 Å². The molecule has 0 saturated carbocycles. The fourth-order valence-electron chi connectivity index (χ4n) is 3.06. The number of esters is 2. The number of rotatable bonds is 7. The van der Waals surface area contributed by atoms with E-state index >= 15 is 0 Å². The molecule has 8 nitrogen and oxygen atoms in total. The van der Waals surface area contributed by atoms with E-state index in [4.69, 9.17) is 9.47 Å². The number of aromatic amines is 1. The van der Waals surface area contributed by atoms with Gasteiger partial charge in [0.25, 0.3) is 5.91 Å². The fourth-order valence-corrected chi connectivity index (χ4v) is 3.06. The minimum Gasteiger partial charge on any atom is -0.465 e. The molecule has 2 aromatic rings. The first-order chi connectivity index (χ1) is 14.1. The van der Waals surface area contributed by atoms with Crippen LogP contribution in [0.25, 0.3) is 0 Å². The molecule has 0 spiro atoms. The number of Topliss-reactive ketones (excluding diaryl/α,β-unsaturated/α-hetero) is 1. The van der Waals surface area contributed by atoms with E-state index in [9.17, 15) is 19.2 Å². The third kappa shape index (κ3) is 4.94. The highest BCUT2D eigenvalue weighted by atomic mass is 16.5. The van der Waals surface area contributed by atoms with Crippen LogP contribution in [0.15, 0.2) is 24.3 Å². The molecule has 0 aliphatic carbocycles. The van der Waals surface area contributed by atoms with Crippen LogP contribution < -0.4 is 5.32 Å². The zero-order valence-corrected chi connectivity index (χ0v) is 17.9. The molecule has 1 aromatic heterocycles. The number of nitrogens with one attached hydrogen (secondary N) is 2. The monoisotopic (exact) mass is 414 g/mol. The number of H-pyrrole nitrogens is 1. The Morgan fingerprint density at radius 2 is 1.73 bits per heavy atom. The summed E-state index contributed by atoms with van der Waals surface area (Å²) in [5.41, 5.74) is 2.70. The molecule has 2 rings (SSSR count). The largest absolute Gasteiger partial charge is 0.465 e. The first-order valence-electron chi connectivity index (χ1n) is 9.46. The van der Waals surface area contributed by atoms with E-state index in [0.717, 1.165) is 5.56 Å². The summed E-state index contributed by atoms with van der Waals surface area (Å²) in [5, 5.41) is 2.56. The summed E-state index contributed by atoms with van der Waals surface area (Å²) in [4.78, 5) is 52.1. The van der Waals surface area contributed by atoms with Gasteiger partial charge in [0.05, 0.1) is 18.4 Å². The third-order valence-electron chi connectivity index (χ3n) is 4.72. The van der Waals surface area contributed by atoms with Gasteiger partial charge in [-0.05, 0) is 52.3 Å². The summed E-state index contributed by atoms with van der Waals surface area (Å²) in [6, 6.07) is 6.00. The predicted octanol–water partition coefficient (Wildman–Crippen LogP) is 2.66. The lowest BCUT2D eigenvalue weighted by molar-refractivity contribution is -0.148. The van der Waals surface area contributed by atoms with Crippen LogP contribution in [0.2, 0.25) is 0 Å². The quantitative estimate of drug-likeness (QED) is 0.532. The second kappa shape index (κ2) is 9.39. The van der Waals surface area contributed by atoms with Crippen molar-refractivity contribution in [2.75, 3.05) is 7.11 Å². The van der Waals surface area contributed by atoms with E-state index in [2.05, 4.69) is 10.3 Å². The fraction of sp³-hybridized carbons (Fsp3) is 0.364. The maximum atomic E-state index is 12.7. The van der Waals surface area contributed by atoms with Crippen molar-refractivity contribution in [1.29, 1.82) is 0 Å². The van der Waals surface area contributed by atoms with Gasteiger partial charge >= 0.3 is 11.9 Å². The third-order valence-corrected chi connectivity index (χ3v) is 4.72. The lowest BCUT2D eigenvalue weighted by Gasteiger charge is -2.17. The zero-order valence-electron chi connectivity index (χ0n) is 17.9. The highest BCUT2D eigenvalue weighted by molar-refractivity contribution is 6.04. The summed E-state index contributed by atoms with van der Waals surface area (Å²) in [7, 11) is 1.26. The normalized spacial score (nSPS) is 12.6. The Morgan fingerprint density at radius 1 is 1.07 bits per heavy atom. The van der Waals surface area contributed by atoms with Gasteiger partial charge in [-0.2, -0.15) is 0 Å². The smallest absolute Gasteiger partial charge is 0.339 e. The molecule has 2 N–H and O–H groups in total. The first-order valence-corrected chi connectivity index (χ1v) is 9.46. The molecule has 2 atom stereocenters. The molecule has 0 radical (unpaired) electrons. The van der Waals surface area contributed by atoms with Gasteiger partial charge in [0.2, 0.25) is 5.78 Å². The number of hydrogen-bond acceptors (Lipinski definition) is 6. The van der Waals surface area contributed by atoms with Crippen molar-refractivity contribution in [2.24, 2.45) is 0 Å². The highest BCUT2D eigenvalue weighted by Crippen LogP contribution is 2.21. The lowest BCUT2D eigenvalue weighted by atomic mass is 10.1. The van der Waals surface area contributed by atoms with Gasteiger partial charge in [0.1, 0.15) is 6.04 Å². The second-order valence-corrected chi connectivity index (χ2v) is 7.12. The number of amides is 1. The van der Waals surface area contributed by atoms with Gasteiger partial charge in [0, 0.05) is 11.3 Å². The second-order valence-electron chi connectivity index (χ2n) is 7.12. The number of carbonyl (C=O) groups is 4. The van der Waals surface area contributed by atoms with Crippen LogP contribution in [0.1, 0.15) is 61.9 Å². The number of ketones is 1. The predicted molar refractivity (Wildman–Crippen MR) is 110 cm³/mol. The van der Waals surface area contributed by atoms with Gasteiger partial charge in [0.15, 0.2) is 6.10 Å². The maximum Gasteiger partial charge on any atom is 0.339 e. The Labute approximate surface area is 175 Å². The molecule has 1 heterocycles. The van der Waals surface area contributed by atoms with Crippen LogP contribution in [0.5, 0.6) is 0 Å². The van der Waals surface area contributed by atoms with E-state index < -0.39 is 35.8 Å². The molecule has 0 unspecified atom stereocenters.